The average molecular weight is 373 g/mol. The Morgan fingerprint density at radius 2 is 1.70 bits per heavy atom. The van der Waals surface area contributed by atoms with Gasteiger partial charge in [0.2, 0.25) is 5.91 Å². The van der Waals surface area contributed by atoms with Gasteiger partial charge < -0.3 is 19.7 Å². The van der Waals surface area contributed by atoms with Crippen LogP contribution < -0.4 is 14.8 Å². The topological polar surface area (TPSA) is 54.0 Å². The summed E-state index contributed by atoms with van der Waals surface area (Å²) < 4.78 is 11.4. The Balaban J connectivity index is 1.44. The van der Waals surface area contributed by atoms with Crippen molar-refractivity contribution in [3.8, 4) is 11.5 Å². The van der Waals surface area contributed by atoms with Gasteiger partial charge in [0.1, 0.15) is 13.2 Å². The lowest BCUT2D eigenvalue weighted by atomic mass is 9.87. The largest absolute Gasteiger partial charge is 0.486 e. The molecule has 0 aromatic heterocycles. The number of nitrogens with one attached hydrogen (secondary N) is 1. The van der Waals surface area contributed by atoms with Gasteiger partial charge in [0.25, 0.3) is 0 Å². The van der Waals surface area contributed by atoms with Crippen LogP contribution in [0.15, 0.2) is 18.2 Å². The summed E-state index contributed by atoms with van der Waals surface area (Å²) in [6, 6.07) is 6.15. The maximum absolute atomic E-state index is 12.9. The predicted octanol–water partition coefficient (Wildman–Crippen LogP) is 1.98. The molecule has 6 heteroatoms. The second-order valence-corrected chi connectivity index (χ2v) is 7.91. The Bertz CT molecular complexity index is 665. The molecule has 1 aliphatic carbocycles. The molecule has 1 aromatic carbocycles. The van der Waals surface area contributed by atoms with Crippen LogP contribution in [-0.4, -0.2) is 68.2 Å². The number of nitrogens with zero attached hydrogens (tertiary/aromatic N) is 2. The summed E-state index contributed by atoms with van der Waals surface area (Å²) in [5, 5.41) is 3.40. The number of ether oxygens (including phenoxy) is 2. The van der Waals surface area contributed by atoms with Crippen molar-refractivity contribution in [2.24, 2.45) is 0 Å². The Morgan fingerprint density at radius 1 is 1.04 bits per heavy atom. The summed E-state index contributed by atoms with van der Waals surface area (Å²) in [6.45, 7) is 9.00. The molecule has 3 aliphatic rings. The number of likely N-dealkylation sites (N-methyl/N-ethyl adjacent to an activating group) is 1. The first-order valence-electron chi connectivity index (χ1n) is 10.3. The van der Waals surface area contributed by atoms with E-state index in [2.05, 4.69) is 34.2 Å². The van der Waals surface area contributed by atoms with Crippen molar-refractivity contribution in [3.63, 3.8) is 0 Å². The first kappa shape index (κ1) is 18.6. The Morgan fingerprint density at radius 3 is 2.41 bits per heavy atom. The van der Waals surface area contributed by atoms with E-state index >= 15 is 0 Å². The second kappa shape index (κ2) is 8.07. The maximum Gasteiger partial charge on any atom is 0.234 e. The molecule has 1 N–H and O–H groups in total. The third kappa shape index (κ3) is 4.06. The fourth-order valence-electron chi connectivity index (χ4n) is 4.58. The molecule has 2 aliphatic heterocycles. The second-order valence-electron chi connectivity index (χ2n) is 7.91. The standard InChI is InChI=1S/C21H31N3O3/c1-2-23-9-11-24(12-10-23)16-20(25)22-21(7-3-4-8-21)17-5-6-18-19(15-17)27-14-13-26-18/h5-6,15H,2-4,7-14,16H2,1H3,(H,22,25). The molecular formula is C21H31N3O3. The molecule has 0 atom stereocenters. The average Bonchev–Trinajstić information content (AvgIpc) is 3.17. The van der Waals surface area contributed by atoms with Crippen LogP contribution in [0.4, 0.5) is 0 Å². The van der Waals surface area contributed by atoms with E-state index < -0.39 is 0 Å². The van der Waals surface area contributed by atoms with Gasteiger partial charge in [0.15, 0.2) is 11.5 Å². The minimum Gasteiger partial charge on any atom is -0.486 e. The van der Waals surface area contributed by atoms with Crippen molar-refractivity contribution in [2.75, 3.05) is 52.5 Å². The number of hydrogen-bond donors (Lipinski definition) is 1. The van der Waals surface area contributed by atoms with Gasteiger partial charge in [-0.15, -0.1) is 0 Å². The minimum absolute atomic E-state index is 0.136. The zero-order valence-corrected chi connectivity index (χ0v) is 16.3. The molecule has 2 heterocycles. The number of amides is 1. The highest BCUT2D eigenvalue weighted by molar-refractivity contribution is 5.79. The lowest BCUT2D eigenvalue weighted by Gasteiger charge is -2.36. The van der Waals surface area contributed by atoms with Crippen molar-refractivity contribution < 1.29 is 14.3 Å². The van der Waals surface area contributed by atoms with E-state index in [0.29, 0.717) is 19.8 Å². The number of piperazine rings is 1. The van der Waals surface area contributed by atoms with Gasteiger partial charge in [-0.3, -0.25) is 9.69 Å². The van der Waals surface area contributed by atoms with Crippen molar-refractivity contribution in [2.45, 2.75) is 38.1 Å². The van der Waals surface area contributed by atoms with Gasteiger partial charge in [-0.2, -0.15) is 0 Å². The monoisotopic (exact) mass is 373 g/mol. The van der Waals surface area contributed by atoms with Crippen LogP contribution in [0.5, 0.6) is 11.5 Å². The van der Waals surface area contributed by atoms with Crippen LogP contribution >= 0.6 is 0 Å². The van der Waals surface area contributed by atoms with Crippen molar-refractivity contribution in [1.82, 2.24) is 15.1 Å². The van der Waals surface area contributed by atoms with E-state index in [4.69, 9.17) is 9.47 Å². The Kier molecular flexibility index (Phi) is 5.55. The summed E-state index contributed by atoms with van der Waals surface area (Å²) in [4.78, 5) is 17.6. The molecule has 0 spiro atoms. The van der Waals surface area contributed by atoms with E-state index in [1.165, 1.54) is 0 Å². The van der Waals surface area contributed by atoms with Gasteiger partial charge in [0, 0.05) is 26.2 Å². The van der Waals surface area contributed by atoms with Crippen LogP contribution in [-0.2, 0) is 10.3 Å². The van der Waals surface area contributed by atoms with E-state index in [1.807, 2.05) is 6.07 Å². The molecule has 1 aromatic rings. The molecule has 0 unspecified atom stereocenters. The number of benzene rings is 1. The summed E-state index contributed by atoms with van der Waals surface area (Å²) in [5.74, 6) is 1.74. The Hall–Kier alpha value is -1.79. The lowest BCUT2D eigenvalue weighted by molar-refractivity contribution is -0.124. The van der Waals surface area contributed by atoms with Crippen LogP contribution in [0.1, 0.15) is 38.2 Å². The molecule has 0 bridgehead atoms. The van der Waals surface area contributed by atoms with Gasteiger partial charge in [-0.1, -0.05) is 25.8 Å². The SMILES string of the molecule is CCN1CCN(CC(=O)NC2(c3ccc4c(c3)OCCO4)CCCC2)CC1. The van der Waals surface area contributed by atoms with Gasteiger partial charge in [-0.25, -0.2) is 0 Å². The van der Waals surface area contributed by atoms with E-state index in [9.17, 15) is 4.79 Å². The maximum atomic E-state index is 12.9. The summed E-state index contributed by atoms with van der Waals surface area (Å²) in [7, 11) is 0. The molecule has 2 fully saturated rings. The van der Waals surface area contributed by atoms with Gasteiger partial charge in [0.05, 0.1) is 12.1 Å². The normalized spacial score (nSPS) is 22.6. The molecule has 1 amide bonds. The van der Waals surface area contributed by atoms with Gasteiger partial charge in [-0.05, 0) is 37.1 Å². The van der Waals surface area contributed by atoms with Crippen LogP contribution in [0.25, 0.3) is 0 Å². The molecule has 0 radical (unpaired) electrons. The molecule has 4 rings (SSSR count). The summed E-state index contributed by atoms with van der Waals surface area (Å²) >= 11 is 0. The minimum atomic E-state index is -0.266. The van der Waals surface area contributed by atoms with Crippen molar-refractivity contribution in [3.05, 3.63) is 23.8 Å². The number of carbonyl (C=O) groups excluding carboxylic acids is 1. The predicted molar refractivity (Wildman–Crippen MR) is 104 cm³/mol. The van der Waals surface area contributed by atoms with Crippen LogP contribution in [0.3, 0.4) is 0 Å². The summed E-state index contributed by atoms with van der Waals surface area (Å²) in [6.07, 6.45) is 4.26. The number of rotatable bonds is 5. The molecule has 1 saturated heterocycles. The summed E-state index contributed by atoms with van der Waals surface area (Å²) in [5.41, 5.74) is 0.881. The number of carbonyl (C=O) groups is 1. The fourth-order valence-corrected chi connectivity index (χ4v) is 4.58. The number of fused-ring (bicyclic) bond motifs is 1. The first-order chi connectivity index (χ1) is 13.2. The van der Waals surface area contributed by atoms with E-state index in [0.717, 1.165) is 75.5 Å². The van der Waals surface area contributed by atoms with Crippen LogP contribution in [0.2, 0.25) is 0 Å². The molecule has 6 nitrogen and oxygen atoms in total. The lowest BCUT2D eigenvalue weighted by Crippen LogP contribution is -2.52. The van der Waals surface area contributed by atoms with E-state index in [-0.39, 0.29) is 11.4 Å². The molecular weight excluding hydrogens is 342 g/mol. The Labute approximate surface area is 161 Å². The first-order valence-corrected chi connectivity index (χ1v) is 10.3. The zero-order valence-electron chi connectivity index (χ0n) is 16.3. The third-order valence-corrected chi connectivity index (χ3v) is 6.21. The third-order valence-electron chi connectivity index (χ3n) is 6.21. The smallest absolute Gasteiger partial charge is 0.234 e. The van der Waals surface area contributed by atoms with Crippen LogP contribution in [0, 0.1) is 0 Å². The molecule has 27 heavy (non-hydrogen) atoms. The van der Waals surface area contributed by atoms with Crippen molar-refractivity contribution in [1.29, 1.82) is 0 Å². The van der Waals surface area contributed by atoms with Gasteiger partial charge >= 0.3 is 0 Å². The van der Waals surface area contributed by atoms with E-state index in [1.54, 1.807) is 0 Å². The van der Waals surface area contributed by atoms with Crippen molar-refractivity contribution >= 4 is 5.91 Å². The quantitative estimate of drug-likeness (QED) is 0.855. The zero-order chi connectivity index (χ0) is 18.7. The highest BCUT2D eigenvalue weighted by Gasteiger charge is 2.38. The highest BCUT2D eigenvalue weighted by Crippen LogP contribution is 2.42. The highest BCUT2D eigenvalue weighted by atomic mass is 16.6. The molecule has 148 valence electrons. The number of hydrogen-bond acceptors (Lipinski definition) is 5. The fraction of sp³-hybridized carbons (Fsp3) is 0.667. The molecule has 1 saturated carbocycles.